The first-order valence-electron chi connectivity index (χ1n) is 10.2. The molecule has 170 valence electrons. The summed E-state index contributed by atoms with van der Waals surface area (Å²) in [7, 11) is 0. The zero-order valence-corrected chi connectivity index (χ0v) is 19.2. The molecule has 4 aromatic rings. The molecular formula is C24H20Cl2FN3O3. The number of furan rings is 1. The predicted octanol–water partition coefficient (Wildman–Crippen LogP) is 6.36. The van der Waals surface area contributed by atoms with E-state index in [1.807, 2.05) is 24.3 Å². The van der Waals surface area contributed by atoms with Crippen molar-refractivity contribution in [2.24, 2.45) is 0 Å². The molecule has 2 heterocycles. The van der Waals surface area contributed by atoms with Crippen molar-refractivity contribution in [3.05, 3.63) is 99.3 Å². The third-order valence-corrected chi connectivity index (χ3v) is 5.56. The van der Waals surface area contributed by atoms with E-state index in [4.69, 9.17) is 32.4 Å². The minimum Gasteiger partial charge on any atom is -0.486 e. The zero-order chi connectivity index (χ0) is 23.4. The average Bonchev–Trinajstić information content (AvgIpc) is 3.42. The fourth-order valence-corrected chi connectivity index (χ4v) is 3.55. The summed E-state index contributed by atoms with van der Waals surface area (Å²) in [4.78, 5) is 12.6. The van der Waals surface area contributed by atoms with Crippen LogP contribution < -0.4 is 10.1 Å². The second-order valence-corrected chi connectivity index (χ2v) is 8.04. The minimum atomic E-state index is -0.523. The van der Waals surface area contributed by atoms with Crippen molar-refractivity contribution >= 4 is 34.9 Å². The quantitative estimate of drug-likeness (QED) is 0.313. The number of halogens is 3. The maximum absolute atomic E-state index is 14.0. The Hall–Kier alpha value is -3.29. The molecule has 0 atom stereocenters. The lowest BCUT2D eigenvalue weighted by Crippen LogP contribution is -2.12. The Kier molecular flexibility index (Phi) is 7.01. The molecule has 4 rings (SSSR count). The molecular weight excluding hydrogens is 468 g/mol. The molecule has 33 heavy (non-hydrogen) atoms. The lowest BCUT2D eigenvalue weighted by molar-refractivity contribution is 0.0992. The second-order valence-electron chi connectivity index (χ2n) is 7.23. The third kappa shape index (κ3) is 5.56. The van der Waals surface area contributed by atoms with Gasteiger partial charge in [-0.25, -0.2) is 4.39 Å². The highest BCUT2D eigenvalue weighted by molar-refractivity contribution is 6.33. The standard InChI is InChI=1S/C24H20Cl2FN3O3/c1-2-15-6-8-16(9-7-15)32-14-17-10-11-22(33-17)24(31)28-23-20(26)13-30(29-23)12-18-19(25)4-3-5-21(18)27/h3-11,13H,2,12,14H2,1H3,(H,28,29,31). The van der Waals surface area contributed by atoms with Crippen LogP contribution in [0.3, 0.4) is 0 Å². The van der Waals surface area contributed by atoms with Gasteiger partial charge >= 0.3 is 0 Å². The van der Waals surface area contributed by atoms with E-state index in [-0.39, 0.29) is 40.3 Å². The van der Waals surface area contributed by atoms with E-state index in [0.717, 1.165) is 6.42 Å². The summed E-state index contributed by atoms with van der Waals surface area (Å²) in [6.45, 7) is 2.32. The van der Waals surface area contributed by atoms with Crippen LogP contribution in [-0.4, -0.2) is 15.7 Å². The van der Waals surface area contributed by atoms with E-state index in [0.29, 0.717) is 11.5 Å². The van der Waals surface area contributed by atoms with Crippen LogP contribution in [0.5, 0.6) is 5.75 Å². The first kappa shape index (κ1) is 22.9. The van der Waals surface area contributed by atoms with Gasteiger partial charge < -0.3 is 14.5 Å². The summed E-state index contributed by atoms with van der Waals surface area (Å²) in [6.07, 6.45) is 2.43. The summed E-state index contributed by atoms with van der Waals surface area (Å²) in [5.74, 6) is 0.431. The minimum absolute atomic E-state index is 0.0581. The number of rotatable bonds is 8. The molecule has 2 aromatic carbocycles. The normalized spacial score (nSPS) is 10.9. The van der Waals surface area contributed by atoms with Crippen LogP contribution in [0.1, 0.15) is 34.4 Å². The van der Waals surface area contributed by atoms with Crippen LogP contribution >= 0.6 is 23.2 Å². The van der Waals surface area contributed by atoms with Gasteiger partial charge in [-0.2, -0.15) is 5.10 Å². The Bertz CT molecular complexity index is 1250. The van der Waals surface area contributed by atoms with E-state index >= 15 is 0 Å². The topological polar surface area (TPSA) is 69.3 Å². The van der Waals surface area contributed by atoms with Crippen LogP contribution in [0, 0.1) is 5.82 Å². The van der Waals surface area contributed by atoms with E-state index in [2.05, 4.69) is 17.3 Å². The van der Waals surface area contributed by atoms with Crippen LogP contribution in [0.4, 0.5) is 10.2 Å². The van der Waals surface area contributed by atoms with Crippen LogP contribution in [0.25, 0.3) is 0 Å². The number of carbonyl (C=O) groups excluding carboxylic acids is 1. The van der Waals surface area contributed by atoms with Crippen LogP contribution in [0.15, 0.2) is 65.2 Å². The predicted molar refractivity (Wildman–Crippen MR) is 125 cm³/mol. The van der Waals surface area contributed by atoms with Gasteiger partial charge in [0, 0.05) is 16.8 Å². The lowest BCUT2D eigenvalue weighted by Gasteiger charge is -2.06. The Labute approximate surface area is 199 Å². The molecule has 0 aliphatic rings. The summed E-state index contributed by atoms with van der Waals surface area (Å²) in [5, 5.41) is 7.28. The molecule has 0 aliphatic heterocycles. The number of amides is 1. The average molecular weight is 488 g/mol. The van der Waals surface area contributed by atoms with E-state index in [1.165, 1.54) is 34.6 Å². The molecule has 0 saturated heterocycles. The number of aryl methyl sites for hydroxylation is 1. The van der Waals surface area contributed by atoms with Crippen molar-refractivity contribution in [2.75, 3.05) is 5.32 Å². The maximum Gasteiger partial charge on any atom is 0.292 e. The number of ether oxygens (including phenoxy) is 1. The van der Waals surface area contributed by atoms with Gasteiger partial charge in [0.15, 0.2) is 11.6 Å². The monoisotopic (exact) mass is 487 g/mol. The fourth-order valence-electron chi connectivity index (χ4n) is 3.13. The van der Waals surface area contributed by atoms with Crippen molar-refractivity contribution in [1.82, 2.24) is 9.78 Å². The molecule has 0 bridgehead atoms. The summed E-state index contributed by atoms with van der Waals surface area (Å²) in [6, 6.07) is 15.4. The Morgan fingerprint density at radius 1 is 1.12 bits per heavy atom. The van der Waals surface area contributed by atoms with E-state index in [1.54, 1.807) is 12.1 Å². The second kappa shape index (κ2) is 10.1. The van der Waals surface area contributed by atoms with Crippen molar-refractivity contribution in [1.29, 1.82) is 0 Å². The number of hydrogen-bond donors (Lipinski definition) is 1. The highest BCUT2D eigenvalue weighted by atomic mass is 35.5. The number of benzene rings is 2. The van der Waals surface area contributed by atoms with Gasteiger partial charge in [0.05, 0.1) is 6.54 Å². The zero-order valence-electron chi connectivity index (χ0n) is 17.6. The Morgan fingerprint density at radius 3 is 2.64 bits per heavy atom. The molecule has 0 radical (unpaired) electrons. The number of carbonyl (C=O) groups is 1. The largest absolute Gasteiger partial charge is 0.486 e. The van der Waals surface area contributed by atoms with Crippen molar-refractivity contribution in [3.8, 4) is 5.75 Å². The Balaban J connectivity index is 1.38. The SMILES string of the molecule is CCc1ccc(OCc2ccc(C(=O)Nc3nn(Cc4c(F)cccc4Cl)cc3Cl)o2)cc1. The molecule has 2 aromatic heterocycles. The van der Waals surface area contributed by atoms with Gasteiger partial charge in [-0.15, -0.1) is 0 Å². The lowest BCUT2D eigenvalue weighted by atomic mass is 10.2. The number of aromatic nitrogens is 2. The molecule has 0 spiro atoms. The van der Waals surface area contributed by atoms with Gasteiger partial charge in [-0.3, -0.25) is 9.48 Å². The Morgan fingerprint density at radius 2 is 1.91 bits per heavy atom. The number of anilines is 1. The van der Waals surface area contributed by atoms with Crippen LogP contribution in [0.2, 0.25) is 10.0 Å². The van der Waals surface area contributed by atoms with Gasteiger partial charge in [-0.05, 0) is 48.4 Å². The number of nitrogens with one attached hydrogen (secondary N) is 1. The molecule has 0 aliphatic carbocycles. The molecule has 9 heteroatoms. The van der Waals surface area contributed by atoms with Gasteiger partial charge in [-0.1, -0.05) is 48.3 Å². The smallest absolute Gasteiger partial charge is 0.292 e. The van der Waals surface area contributed by atoms with Crippen molar-refractivity contribution in [2.45, 2.75) is 26.5 Å². The van der Waals surface area contributed by atoms with Gasteiger partial charge in [0.1, 0.15) is 29.0 Å². The summed E-state index contributed by atoms with van der Waals surface area (Å²) >= 11 is 12.3. The fraction of sp³-hybridized carbons (Fsp3) is 0.167. The highest BCUT2D eigenvalue weighted by Gasteiger charge is 2.17. The van der Waals surface area contributed by atoms with Crippen LogP contribution in [-0.2, 0) is 19.6 Å². The summed E-state index contributed by atoms with van der Waals surface area (Å²) in [5.41, 5.74) is 1.49. The number of hydrogen-bond acceptors (Lipinski definition) is 4. The van der Waals surface area contributed by atoms with Crippen molar-refractivity contribution < 1.29 is 18.3 Å². The van der Waals surface area contributed by atoms with E-state index < -0.39 is 11.7 Å². The molecule has 1 N–H and O–H groups in total. The first-order valence-corrected chi connectivity index (χ1v) is 11.0. The summed E-state index contributed by atoms with van der Waals surface area (Å²) < 4.78 is 26.7. The van der Waals surface area contributed by atoms with E-state index in [9.17, 15) is 9.18 Å². The first-order chi connectivity index (χ1) is 15.9. The number of nitrogens with zero attached hydrogens (tertiary/aromatic N) is 2. The third-order valence-electron chi connectivity index (χ3n) is 4.93. The maximum atomic E-state index is 14.0. The highest BCUT2D eigenvalue weighted by Crippen LogP contribution is 2.24. The molecule has 0 saturated carbocycles. The molecule has 6 nitrogen and oxygen atoms in total. The molecule has 0 unspecified atom stereocenters. The molecule has 0 fully saturated rings. The van der Waals surface area contributed by atoms with Gasteiger partial charge in [0.2, 0.25) is 0 Å². The van der Waals surface area contributed by atoms with Crippen molar-refractivity contribution in [3.63, 3.8) is 0 Å². The van der Waals surface area contributed by atoms with Gasteiger partial charge in [0.25, 0.3) is 5.91 Å². The molecule has 1 amide bonds.